The van der Waals surface area contributed by atoms with Crippen molar-refractivity contribution in [3.8, 4) is 11.8 Å². The smallest absolute Gasteiger partial charge is 0.195 e. The average Bonchev–Trinajstić information content (AvgIpc) is 3.19. The molecule has 2 aromatic carbocycles. The predicted molar refractivity (Wildman–Crippen MR) is 129 cm³/mol. The molecule has 1 saturated heterocycles. The molecule has 1 fully saturated rings. The fourth-order valence-electron chi connectivity index (χ4n) is 4.99. The Morgan fingerprint density at radius 1 is 1.25 bits per heavy atom. The van der Waals surface area contributed by atoms with Crippen LogP contribution in [0.3, 0.4) is 0 Å². The van der Waals surface area contributed by atoms with E-state index in [-0.39, 0.29) is 11.9 Å². The highest BCUT2D eigenvalue weighted by atomic mass is 32.1. The van der Waals surface area contributed by atoms with E-state index in [0.717, 1.165) is 53.8 Å². The number of H-pyrrole nitrogens is 1. The summed E-state index contributed by atoms with van der Waals surface area (Å²) in [5.74, 6) is 0.696. The molecule has 0 bridgehead atoms. The Hall–Kier alpha value is -2.95. The normalized spacial score (nSPS) is 18.2. The van der Waals surface area contributed by atoms with Crippen LogP contribution in [-0.4, -0.2) is 41.9 Å². The third-order valence-electron chi connectivity index (χ3n) is 6.90. The first kappa shape index (κ1) is 20.9. The largest absolute Gasteiger partial charge is 0.488 e. The summed E-state index contributed by atoms with van der Waals surface area (Å²) in [4.78, 5) is 19.4. The van der Waals surface area contributed by atoms with Crippen LogP contribution in [0, 0.1) is 11.3 Å². The quantitative estimate of drug-likeness (QED) is 0.511. The number of nitriles is 1. The van der Waals surface area contributed by atoms with Crippen molar-refractivity contribution in [3.05, 3.63) is 58.3 Å². The molecular formula is C25H26N4O2S. The van der Waals surface area contributed by atoms with Crippen LogP contribution in [-0.2, 0) is 5.41 Å². The second-order valence-electron chi connectivity index (χ2n) is 9.33. The Morgan fingerprint density at radius 3 is 2.69 bits per heavy atom. The van der Waals surface area contributed by atoms with E-state index in [1.807, 2.05) is 18.2 Å². The number of hydrogen-bond acceptors (Lipinski definition) is 6. The number of carbonyl (C=O) groups is 1. The Morgan fingerprint density at radius 2 is 2.00 bits per heavy atom. The first-order valence-electron chi connectivity index (χ1n) is 10.9. The molecule has 0 atom stereocenters. The molecule has 164 valence electrons. The maximum atomic E-state index is 13.6. The number of benzene rings is 2. The summed E-state index contributed by atoms with van der Waals surface area (Å²) in [7, 11) is 2.13. The van der Waals surface area contributed by atoms with E-state index in [9.17, 15) is 10.1 Å². The topological polar surface area (TPSA) is 81.2 Å². The zero-order valence-electron chi connectivity index (χ0n) is 18.5. The van der Waals surface area contributed by atoms with Crippen molar-refractivity contribution in [3.63, 3.8) is 0 Å². The molecule has 3 aromatic rings. The lowest BCUT2D eigenvalue weighted by Crippen LogP contribution is -2.36. The zero-order valence-corrected chi connectivity index (χ0v) is 19.3. The molecule has 0 amide bonds. The van der Waals surface area contributed by atoms with Gasteiger partial charge in [0.05, 0.1) is 22.9 Å². The Bertz CT molecular complexity index is 1280. The van der Waals surface area contributed by atoms with Crippen molar-refractivity contribution in [1.82, 2.24) is 9.88 Å². The average molecular weight is 447 g/mol. The number of rotatable bonds is 3. The number of hydrogen-bond donors (Lipinski definition) is 3. The van der Waals surface area contributed by atoms with Crippen LogP contribution in [0.2, 0.25) is 0 Å². The number of fused-ring (bicyclic) bond motifs is 4. The second kappa shape index (κ2) is 7.58. The van der Waals surface area contributed by atoms with Crippen molar-refractivity contribution >= 4 is 35.2 Å². The van der Waals surface area contributed by atoms with E-state index in [1.165, 1.54) is 0 Å². The van der Waals surface area contributed by atoms with E-state index in [2.05, 4.69) is 54.4 Å². The number of aromatic amines is 1. The maximum absolute atomic E-state index is 13.6. The number of ether oxygens (including phenoxy) is 1. The van der Waals surface area contributed by atoms with E-state index < -0.39 is 5.41 Å². The zero-order chi connectivity index (χ0) is 22.6. The Balaban J connectivity index is 1.62. The van der Waals surface area contributed by atoms with Gasteiger partial charge < -0.3 is 19.3 Å². The van der Waals surface area contributed by atoms with Gasteiger partial charge in [-0.15, -0.1) is 0 Å². The van der Waals surface area contributed by atoms with Gasteiger partial charge in [-0.1, -0.05) is 32.7 Å². The number of carbonyl (C=O) groups excluding carboxylic acids is 1. The molecule has 6 nitrogen and oxygen atoms in total. The highest BCUT2D eigenvalue weighted by molar-refractivity contribution is 7.81. The first-order valence-corrected chi connectivity index (χ1v) is 11.3. The molecular weight excluding hydrogens is 420 g/mol. The summed E-state index contributed by atoms with van der Waals surface area (Å²) >= 11 is 4.29. The SMILES string of the molecule is CN1CCC(Oc2cc3c(cc2NS)C(=O)c2c([nH]c4cc(C#N)ccc24)C3(C)C)CC1. The second-order valence-corrected chi connectivity index (χ2v) is 9.55. The van der Waals surface area contributed by atoms with E-state index in [4.69, 9.17) is 4.74 Å². The van der Waals surface area contributed by atoms with Crippen molar-refractivity contribution in [1.29, 1.82) is 5.26 Å². The Labute approximate surface area is 193 Å². The molecule has 7 heteroatoms. The summed E-state index contributed by atoms with van der Waals surface area (Å²) in [6, 6.07) is 11.5. The molecule has 1 aliphatic heterocycles. The molecule has 0 spiro atoms. The number of anilines is 1. The molecule has 2 N–H and O–H groups in total. The van der Waals surface area contributed by atoms with Gasteiger partial charge in [0.25, 0.3) is 0 Å². The van der Waals surface area contributed by atoms with E-state index in [1.54, 1.807) is 12.1 Å². The van der Waals surface area contributed by atoms with Gasteiger partial charge in [-0.25, -0.2) is 0 Å². The van der Waals surface area contributed by atoms with Crippen LogP contribution in [0.4, 0.5) is 5.69 Å². The number of likely N-dealkylation sites (tertiary alicyclic amines) is 1. The minimum atomic E-state index is -0.440. The standard InChI is InChI=1S/C25H26N4O2S/c1-25(2)18-12-21(31-15-6-8-29(3)9-7-15)20(28-32)11-17(18)23(30)22-16-5-4-14(13-26)10-19(16)27-24(22)25/h4-5,10-12,15,27-28,32H,6-9H2,1-3H3. The van der Waals surface area contributed by atoms with Gasteiger partial charge in [-0.05, 0) is 49.7 Å². The lowest BCUT2D eigenvalue weighted by atomic mass is 9.71. The van der Waals surface area contributed by atoms with Gasteiger partial charge in [0.1, 0.15) is 11.9 Å². The van der Waals surface area contributed by atoms with Crippen molar-refractivity contribution in [2.24, 2.45) is 0 Å². The molecule has 2 heterocycles. The molecule has 1 aliphatic carbocycles. The van der Waals surface area contributed by atoms with Gasteiger partial charge in [0.2, 0.25) is 0 Å². The van der Waals surface area contributed by atoms with Gasteiger partial charge in [-0.2, -0.15) is 5.26 Å². The summed E-state index contributed by atoms with van der Waals surface area (Å²) in [6.45, 7) is 6.24. The third-order valence-corrected chi connectivity index (χ3v) is 7.14. The number of aromatic nitrogens is 1. The number of piperidine rings is 1. The van der Waals surface area contributed by atoms with Crippen molar-refractivity contribution < 1.29 is 9.53 Å². The van der Waals surface area contributed by atoms with Crippen LogP contribution in [0.25, 0.3) is 10.9 Å². The predicted octanol–water partition coefficient (Wildman–Crippen LogP) is 4.64. The summed E-state index contributed by atoms with van der Waals surface area (Å²) in [5, 5.41) is 10.1. The van der Waals surface area contributed by atoms with Crippen LogP contribution < -0.4 is 9.46 Å². The number of ketones is 1. The van der Waals surface area contributed by atoms with Gasteiger partial charge >= 0.3 is 0 Å². The molecule has 0 radical (unpaired) electrons. The third kappa shape index (κ3) is 3.17. The fourth-order valence-corrected chi connectivity index (χ4v) is 5.17. The van der Waals surface area contributed by atoms with E-state index in [0.29, 0.717) is 22.4 Å². The lowest BCUT2D eigenvalue weighted by Gasteiger charge is -2.34. The lowest BCUT2D eigenvalue weighted by molar-refractivity contribution is 0.103. The molecule has 1 aromatic heterocycles. The van der Waals surface area contributed by atoms with Gasteiger partial charge in [0, 0.05) is 40.7 Å². The van der Waals surface area contributed by atoms with Gasteiger partial charge in [-0.3, -0.25) is 4.79 Å². The highest BCUT2D eigenvalue weighted by Crippen LogP contribution is 2.46. The van der Waals surface area contributed by atoms with Crippen LogP contribution in [0.15, 0.2) is 30.3 Å². The molecule has 32 heavy (non-hydrogen) atoms. The summed E-state index contributed by atoms with van der Waals surface area (Å²) < 4.78 is 9.33. The van der Waals surface area contributed by atoms with Gasteiger partial charge in [0.15, 0.2) is 5.78 Å². The molecule has 0 saturated carbocycles. The number of nitrogens with zero attached hydrogens (tertiary/aromatic N) is 2. The summed E-state index contributed by atoms with van der Waals surface area (Å²) in [6.07, 6.45) is 2.07. The number of nitrogens with one attached hydrogen (secondary N) is 2. The summed E-state index contributed by atoms with van der Waals surface area (Å²) in [5.41, 5.74) is 4.76. The maximum Gasteiger partial charge on any atom is 0.195 e. The number of thiol groups is 1. The van der Waals surface area contributed by atoms with Crippen LogP contribution in [0.1, 0.15) is 59.4 Å². The fraction of sp³-hybridized carbons (Fsp3) is 0.360. The highest BCUT2D eigenvalue weighted by Gasteiger charge is 2.40. The van der Waals surface area contributed by atoms with E-state index >= 15 is 0 Å². The first-order chi connectivity index (χ1) is 15.3. The van der Waals surface area contributed by atoms with Crippen LogP contribution >= 0.6 is 12.8 Å². The molecule has 0 unspecified atom stereocenters. The minimum Gasteiger partial charge on any atom is -0.488 e. The molecule has 5 rings (SSSR count). The Kier molecular flexibility index (Phi) is 4.95. The van der Waals surface area contributed by atoms with Crippen molar-refractivity contribution in [2.75, 3.05) is 24.9 Å². The van der Waals surface area contributed by atoms with Crippen LogP contribution in [0.5, 0.6) is 5.75 Å². The molecule has 2 aliphatic rings. The van der Waals surface area contributed by atoms with Crippen molar-refractivity contribution in [2.45, 2.75) is 38.2 Å². The minimum absolute atomic E-state index is 0.0269. The monoisotopic (exact) mass is 446 g/mol.